The lowest BCUT2D eigenvalue weighted by Crippen LogP contribution is -2.61. The maximum atomic E-state index is 2.66. The molecule has 0 aromatic rings. The van der Waals surface area contributed by atoms with Gasteiger partial charge in [-0.05, 0) is 146 Å². The predicted molar refractivity (Wildman–Crippen MR) is 127 cm³/mol. The molecule has 0 amide bonds. The van der Waals surface area contributed by atoms with Crippen molar-refractivity contribution in [1.29, 1.82) is 0 Å². The molecule has 0 radical (unpaired) electrons. The van der Waals surface area contributed by atoms with E-state index >= 15 is 0 Å². The maximum Gasteiger partial charge on any atom is -0.0253 e. The highest BCUT2D eigenvalue weighted by molar-refractivity contribution is 5.14. The summed E-state index contributed by atoms with van der Waals surface area (Å²) in [5.74, 6) is 8.34. The van der Waals surface area contributed by atoms with Crippen LogP contribution in [0.15, 0.2) is 0 Å². The first-order valence-corrected chi connectivity index (χ1v) is 14.0. The van der Waals surface area contributed by atoms with Gasteiger partial charge in [-0.1, -0.05) is 41.5 Å². The molecule has 0 aromatic heterocycles. The predicted octanol–water partition coefficient (Wildman–Crippen LogP) is 8.74. The third kappa shape index (κ3) is 3.04. The smallest absolute Gasteiger partial charge is 0.0253 e. The lowest BCUT2D eigenvalue weighted by Gasteiger charge is -2.70. The molecule has 0 aromatic carbocycles. The van der Waals surface area contributed by atoms with Gasteiger partial charge in [0.2, 0.25) is 0 Å². The van der Waals surface area contributed by atoms with Crippen LogP contribution in [0, 0.1) is 69.0 Å². The summed E-state index contributed by atoms with van der Waals surface area (Å²) in [4.78, 5) is 0. The van der Waals surface area contributed by atoms with Crippen molar-refractivity contribution >= 4 is 0 Å². The first-order valence-electron chi connectivity index (χ1n) is 14.0. The Hall–Kier alpha value is 0. The summed E-state index contributed by atoms with van der Waals surface area (Å²) in [5.41, 5.74) is 2.22. The largest absolute Gasteiger partial charge is 0.0599 e. The molecule has 170 valence electrons. The Morgan fingerprint density at radius 3 is 0.800 bits per heavy atom. The van der Waals surface area contributed by atoms with Gasteiger partial charge in [0.1, 0.15) is 0 Å². The van der Waals surface area contributed by atoms with Crippen molar-refractivity contribution < 1.29 is 0 Å². The fourth-order valence-corrected chi connectivity index (χ4v) is 12.7. The zero-order chi connectivity index (χ0) is 21.1. The van der Waals surface area contributed by atoms with Gasteiger partial charge < -0.3 is 0 Å². The summed E-state index contributed by atoms with van der Waals surface area (Å²) in [6.07, 6.45) is 19.1. The van der Waals surface area contributed by atoms with Gasteiger partial charge in [-0.3, -0.25) is 0 Å². The van der Waals surface area contributed by atoms with Gasteiger partial charge in [0.15, 0.2) is 0 Å². The van der Waals surface area contributed by atoms with Crippen LogP contribution in [0.4, 0.5) is 0 Å². The van der Waals surface area contributed by atoms with Gasteiger partial charge in [0.05, 0.1) is 0 Å². The van der Waals surface area contributed by atoms with Crippen LogP contribution in [0.5, 0.6) is 0 Å². The van der Waals surface area contributed by atoms with E-state index in [9.17, 15) is 0 Å². The standard InChI is InChI=1S/C30H50/c1-27(2,3)25(29-13-19-7-20(14-29)9-21(8-19)15-29)26(28(4,5)6)30-16-22-10-23(17-30)12-24(11-22)18-30/h19-26H,7-18H2,1-6H3. The second-order valence-corrected chi connectivity index (χ2v) is 16.2. The molecule has 8 aliphatic rings. The molecule has 0 nitrogen and oxygen atoms in total. The van der Waals surface area contributed by atoms with Gasteiger partial charge in [-0.15, -0.1) is 0 Å². The minimum absolute atomic E-state index is 0.437. The Morgan fingerprint density at radius 2 is 0.633 bits per heavy atom. The lowest BCUT2D eigenvalue weighted by atomic mass is 9.35. The molecule has 2 atom stereocenters. The molecule has 0 spiro atoms. The molecule has 8 aliphatic carbocycles. The monoisotopic (exact) mass is 410 g/mol. The molecular weight excluding hydrogens is 360 g/mol. The third-order valence-electron chi connectivity index (χ3n) is 11.7. The molecular formula is C30H50. The highest BCUT2D eigenvalue weighted by Gasteiger charge is 2.65. The number of hydrogen-bond donors (Lipinski definition) is 0. The average Bonchev–Trinajstić information content (AvgIpc) is 2.54. The Kier molecular flexibility index (Phi) is 4.34. The molecule has 0 aliphatic heterocycles. The van der Waals surface area contributed by atoms with Crippen molar-refractivity contribution in [2.75, 3.05) is 0 Å². The second-order valence-electron chi connectivity index (χ2n) is 16.2. The Labute approximate surface area is 187 Å². The Balaban J connectivity index is 1.46. The first-order chi connectivity index (χ1) is 14.0. The second kappa shape index (κ2) is 6.32. The van der Waals surface area contributed by atoms with Crippen LogP contribution < -0.4 is 0 Å². The van der Waals surface area contributed by atoms with Crippen molar-refractivity contribution in [2.45, 2.75) is 119 Å². The molecule has 0 N–H and O–H groups in total. The highest BCUT2D eigenvalue weighted by Crippen LogP contribution is 2.73. The third-order valence-corrected chi connectivity index (χ3v) is 11.7. The van der Waals surface area contributed by atoms with Gasteiger partial charge >= 0.3 is 0 Å². The molecule has 0 heteroatoms. The summed E-state index contributed by atoms with van der Waals surface area (Å²) < 4.78 is 0. The van der Waals surface area contributed by atoms with E-state index in [1.54, 1.807) is 77.0 Å². The summed E-state index contributed by atoms with van der Waals surface area (Å²) >= 11 is 0. The molecule has 8 rings (SSSR count). The van der Waals surface area contributed by atoms with E-state index in [0.717, 1.165) is 47.3 Å². The lowest BCUT2D eigenvalue weighted by molar-refractivity contribution is -0.204. The quantitative estimate of drug-likeness (QED) is 0.436. The van der Waals surface area contributed by atoms with Gasteiger partial charge in [-0.25, -0.2) is 0 Å². The topological polar surface area (TPSA) is 0 Å². The molecule has 0 heterocycles. The first kappa shape index (κ1) is 20.6. The van der Waals surface area contributed by atoms with E-state index in [-0.39, 0.29) is 0 Å². The van der Waals surface area contributed by atoms with Crippen molar-refractivity contribution in [3.63, 3.8) is 0 Å². The fraction of sp³-hybridized carbons (Fsp3) is 1.00. The van der Waals surface area contributed by atoms with Crippen LogP contribution in [-0.2, 0) is 0 Å². The molecule has 30 heavy (non-hydrogen) atoms. The van der Waals surface area contributed by atoms with Crippen molar-refractivity contribution in [2.24, 2.45) is 69.0 Å². The summed E-state index contributed by atoms with van der Waals surface area (Å²) in [6, 6.07) is 0. The Bertz CT molecular complexity index is 551. The molecule has 8 bridgehead atoms. The van der Waals surface area contributed by atoms with E-state index in [4.69, 9.17) is 0 Å². The highest BCUT2D eigenvalue weighted by atomic mass is 14.7. The summed E-state index contributed by atoms with van der Waals surface area (Å²) in [7, 11) is 0. The molecule has 8 fully saturated rings. The Morgan fingerprint density at radius 1 is 0.433 bits per heavy atom. The zero-order valence-electron chi connectivity index (χ0n) is 21.1. The summed E-state index contributed by atoms with van der Waals surface area (Å²) in [5, 5.41) is 0. The minimum atomic E-state index is 0.437. The van der Waals surface area contributed by atoms with Crippen LogP contribution in [0.1, 0.15) is 119 Å². The molecule has 0 saturated heterocycles. The van der Waals surface area contributed by atoms with Crippen LogP contribution in [0.3, 0.4) is 0 Å². The zero-order valence-corrected chi connectivity index (χ0v) is 21.1. The van der Waals surface area contributed by atoms with Gasteiger partial charge in [0.25, 0.3) is 0 Å². The molecule has 8 saturated carbocycles. The van der Waals surface area contributed by atoms with E-state index in [2.05, 4.69) is 41.5 Å². The van der Waals surface area contributed by atoms with Crippen LogP contribution in [0.2, 0.25) is 0 Å². The van der Waals surface area contributed by atoms with Crippen molar-refractivity contribution in [3.05, 3.63) is 0 Å². The van der Waals surface area contributed by atoms with Crippen LogP contribution in [0.25, 0.3) is 0 Å². The van der Waals surface area contributed by atoms with Crippen LogP contribution in [-0.4, -0.2) is 0 Å². The van der Waals surface area contributed by atoms with E-state index in [1.165, 1.54) is 0 Å². The number of rotatable bonds is 3. The average molecular weight is 411 g/mol. The van der Waals surface area contributed by atoms with Gasteiger partial charge in [0, 0.05) is 0 Å². The summed E-state index contributed by atoms with van der Waals surface area (Å²) in [6.45, 7) is 16.0. The van der Waals surface area contributed by atoms with E-state index in [0.29, 0.717) is 21.7 Å². The minimum Gasteiger partial charge on any atom is -0.0599 e. The van der Waals surface area contributed by atoms with Crippen molar-refractivity contribution in [3.8, 4) is 0 Å². The SMILES string of the molecule is CC(C)(C)C(C(C(C)(C)C)C12CC3CC(CC(C3)C1)C2)C12CC3CC(CC(C3)C1)C2. The normalized spacial score (nSPS) is 51.4. The van der Waals surface area contributed by atoms with Crippen molar-refractivity contribution in [1.82, 2.24) is 0 Å². The van der Waals surface area contributed by atoms with E-state index < -0.39 is 0 Å². The number of hydrogen-bond acceptors (Lipinski definition) is 0. The van der Waals surface area contributed by atoms with Gasteiger partial charge in [-0.2, -0.15) is 0 Å². The van der Waals surface area contributed by atoms with E-state index in [1.807, 2.05) is 0 Å². The van der Waals surface area contributed by atoms with Crippen LogP contribution >= 0.6 is 0 Å². The maximum absolute atomic E-state index is 2.66. The fourth-order valence-electron chi connectivity index (χ4n) is 12.7. The molecule has 2 unspecified atom stereocenters.